The Hall–Kier alpha value is -0.710. The quantitative estimate of drug-likeness (QED) is 0.814. The van der Waals surface area contributed by atoms with Crippen LogP contribution in [0.3, 0.4) is 0 Å². The van der Waals surface area contributed by atoms with Crippen molar-refractivity contribution in [2.75, 3.05) is 12.3 Å². The minimum absolute atomic E-state index is 0. The Morgan fingerprint density at radius 2 is 1.81 bits per heavy atom. The van der Waals surface area contributed by atoms with Crippen molar-refractivity contribution in [3.63, 3.8) is 0 Å². The average molecular weight is 395 g/mol. The summed E-state index contributed by atoms with van der Waals surface area (Å²) in [4.78, 5) is 15.7. The molecule has 1 saturated heterocycles. The van der Waals surface area contributed by atoms with E-state index in [1.165, 1.54) is 24.8 Å². The highest BCUT2D eigenvalue weighted by Gasteiger charge is 2.43. The highest BCUT2D eigenvalue weighted by atomic mass is 35.5. The Balaban J connectivity index is 0.00000196. The predicted molar refractivity (Wildman–Crippen MR) is 112 cm³/mol. The van der Waals surface area contributed by atoms with Gasteiger partial charge in [0, 0.05) is 29.5 Å². The van der Waals surface area contributed by atoms with Crippen molar-refractivity contribution in [1.29, 1.82) is 0 Å². The number of nitrogens with two attached hydrogens (primary N) is 1. The summed E-state index contributed by atoms with van der Waals surface area (Å²) in [6.07, 6.45) is 5.76. The van der Waals surface area contributed by atoms with E-state index in [1.54, 1.807) is 0 Å². The van der Waals surface area contributed by atoms with Gasteiger partial charge in [-0.3, -0.25) is 4.79 Å². The molecule has 1 heterocycles. The molecule has 4 rings (SSSR count). The fourth-order valence-electron chi connectivity index (χ4n) is 5.39. The van der Waals surface area contributed by atoms with Crippen LogP contribution in [0, 0.1) is 17.8 Å². The monoisotopic (exact) mass is 394 g/mol. The third kappa shape index (κ3) is 3.79. The first kappa shape index (κ1) is 20.0. The molecule has 0 spiro atoms. The van der Waals surface area contributed by atoms with E-state index in [1.807, 2.05) is 11.8 Å². The lowest BCUT2D eigenvalue weighted by molar-refractivity contribution is -0.141. The van der Waals surface area contributed by atoms with Crippen LogP contribution >= 0.6 is 24.2 Å². The summed E-state index contributed by atoms with van der Waals surface area (Å²) in [6, 6.07) is 11.1. The third-order valence-corrected chi connectivity index (χ3v) is 7.88. The molecule has 26 heavy (non-hydrogen) atoms. The molecule has 0 aromatic heterocycles. The maximum absolute atomic E-state index is 13.5. The SMILES string of the molecule is CC1SCCN(C(=O)C2CC3CCCC(C2)C3N)C1c1ccccc1.Cl. The van der Waals surface area contributed by atoms with Gasteiger partial charge in [0.15, 0.2) is 0 Å². The first-order valence-corrected chi connectivity index (χ1v) is 10.9. The van der Waals surface area contributed by atoms with Gasteiger partial charge in [0.2, 0.25) is 5.91 Å². The summed E-state index contributed by atoms with van der Waals surface area (Å²) in [5, 5.41) is 0.449. The second-order valence-electron chi connectivity index (χ2n) is 8.16. The van der Waals surface area contributed by atoms with E-state index in [-0.39, 0.29) is 24.4 Å². The van der Waals surface area contributed by atoms with Gasteiger partial charge in [-0.2, -0.15) is 11.8 Å². The van der Waals surface area contributed by atoms with E-state index >= 15 is 0 Å². The van der Waals surface area contributed by atoms with Crippen LogP contribution < -0.4 is 5.73 Å². The first-order chi connectivity index (χ1) is 12.1. The molecule has 2 N–H and O–H groups in total. The molecule has 5 heteroatoms. The molecule has 4 atom stereocenters. The summed E-state index contributed by atoms with van der Waals surface area (Å²) in [5.74, 6) is 2.76. The van der Waals surface area contributed by atoms with Gasteiger partial charge < -0.3 is 10.6 Å². The van der Waals surface area contributed by atoms with Crippen LogP contribution in [0.5, 0.6) is 0 Å². The Bertz CT molecular complexity index is 599. The molecule has 1 aromatic rings. The molecule has 1 aliphatic heterocycles. The van der Waals surface area contributed by atoms with Gasteiger partial charge in [0.25, 0.3) is 0 Å². The van der Waals surface area contributed by atoms with Crippen molar-refractivity contribution in [1.82, 2.24) is 4.90 Å². The second kappa shape index (κ2) is 8.53. The molecular formula is C21H31ClN2OS. The van der Waals surface area contributed by atoms with E-state index in [0.29, 0.717) is 29.0 Å². The Morgan fingerprint density at radius 1 is 1.15 bits per heavy atom. The number of thioether (sulfide) groups is 1. The highest BCUT2D eigenvalue weighted by Crippen LogP contribution is 2.44. The number of hydrogen-bond donors (Lipinski definition) is 1. The predicted octanol–water partition coefficient (Wildman–Crippen LogP) is 4.27. The lowest BCUT2D eigenvalue weighted by atomic mass is 9.65. The van der Waals surface area contributed by atoms with Crippen LogP contribution in [-0.2, 0) is 4.79 Å². The molecule has 3 aliphatic rings. The number of amides is 1. The molecule has 0 radical (unpaired) electrons. The average Bonchev–Trinajstić information content (AvgIpc) is 2.61. The zero-order chi connectivity index (χ0) is 17.4. The summed E-state index contributed by atoms with van der Waals surface area (Å²) < 4.78 is 0. The van der Waals surface area contributed by atoms with E-state index in [9.17, 15) is 4.79 Å². The first-order valence-electron chi connectivity index (χ1n) is 9.87. The molecule has 2 aliphatic carbocycles. The van der Waals surface area contributed by atoms with Gasteiger partial charge in [-0.1, -0.05) is 43.7 Å². The lowest BCUT2D eigenvalue weighted by Crippen LogP contribution is -2.52. The Labute approximate surface area is 167 Å². The van der Waals surface area contributed by atoms with E-state index in [2.05, 4.69) is 42.2 Å². The molecule has 2 bridgehead atoms. The van der Waals surface area contributed by atoms with Gasteiger partial charge in [0.1, 0.15) is 0 Å². The second-order valence-corrected chi connectivity index (χ2v) is 9.64. The Morgan fingerprint density at radius 3 is 2.46 bits per heavy atom. The van der Waals surface area contributed by atoms with Crippen molar-refractivity contribution in [3.8, 4) is 0 Å². The summed E-state index contributed by atoms with van der Waals surface area (Å²) in [6.45, 7) is 3.15. The van der Waals surface area contributed by atoms with Gasteiger partial charge in [-0.05, 0) is 43.1 Å². The zero-order valence-corrected chi connectivity index (χ0v) is 17.2. The van der Waals surface area contributed by atoms with Gasteiger partial charge in [0.05, 0.1) is 6.04 Å². The van der Waals surface area contributed by atoms with Crippen LogP contribution in [0.1, 0.15) is 50.6 Å². The maximum atomic E-state index is 13.5. The Kier molecular flexibility index (Phi) is 6.58. The zero-order valence-electron chi connectivity index (χ0n) is 15.5. The molecular weight excluding hydrogens is 364 g/mol. The maximum Gasteiger partial charge on any atom is 0.226 e. The molecule has 1 amide bonds. The number of carbonyl (C=O) groups is 1. The summed E-state index contributed by atoms with van der Waals surface area (Å²) in [5.41, 5.74) is 7.72. The highest BCUT2D eigenvalue weighted by molar-refractivity contribution is 8.00. The van der Waals surface area contributed by atoms with E-state index in [4.69, 9.17) is 5.73 Å². The molecule has 3 nitrogen and oxygen atoms in total. The van der Waals surface area contributed by atoms with Crippen molar-refractivity contribution >= 4 is 30.1 Å². The van der Waals surface area contributed by atoms with Crippen LogP contribution in [0.2, 0.25) is 0 Å². The topological polar surface area (TPSA) is 46.3 Å². The lowest BCUT2D eigenvalue weighted by Gasteiger charge is -2.47. The number of nitrogens with zero attached hydrogens (tertiary/aromatic N) is 1. The number of benzene rings is 1. The molecule has 4 unspecified atom stereocenters. The van der Waals surface area contributed by atoms with Gasteiger partial charge in [-0.25, -0.2) is 0 Å². The number of carbonyl (C=O) groups excluding carboxylic acids is 1. The van der Waals surface area contributed by atoms with Crippen LogP contribution in [0.15, 0.2) is 30.3 Å². The van der Waals surface area contributed by atoms with Crippen LogP contribution in [0.25, 0.3) is 0 Å². The van der Waals surface area contributed by atoms with Crippen molar-refractivity contribution in [2.45, 2.75) is 56.4 Å². The fraction of sp³-hybridized carbons (Fsp3) is 0.667. The molecule has 144 valence electrons. The number of halogens is 1. The number of fused-ring (bicyclic) bond motifs is 2. The molecule has 1 aromatic carbocycles. The van der Waals surface area contributed by atoms with Crippen molar-refractivity contribution < 1.29 is 4.79 Å². The minimum Gasteiger partial charge on any atom is -0.333 e. The summed E-state index contributed by atoms with van der Waals surface area (Å²) in [7, 11) is 0. The summed E-state index contributed by atoms with van der Waals surface area (Å²) >= 11 is 1.99. The standard InChI is InChI=1S/C21H30N2OS.ClH/c1-14-20(15-6-3-2-4-7-15)23(10-11-25-14)21(24)18-12-16-8-5-9-17(13-18)19(16)22;/h2-4,6-7,14,16-20H,5,8-13,22H2,1H3;1H. The number of hydrogen-bond acceptors (Lipinski definition) is 3. The normalized spacial score (nSPS) is 36.9. The largest absolute Gasteiger partial charge is 0.333 e. The van der Waals surface area contributed by atoms with Crippen LogP contribution in [-0.4, -0.2) is 34.4 Å². The van der Waals surface area contributed by atoms with Crippen LogP contribution in [0.4, 0.5) is 0 Å². The van der Waals surface area contributed by atoms with E-state index in [0.717, 1.165) is 25.1 Å². The van der Waals surface area contributed by atoms with E-state index < -0.39 is 0 Å². The third-order valence-electron chi connectivity index (χ3n) is 6.68. The van der Waals surface area contributed by atoms with Gasteiger partial charge >= 0.3 is 0 Å². The minimum atomic E-state index is 0. The number of rotatable bonds is 2. The van der Waals surface area contributed by atoms with Crippen molar-refractivity contribution in [3.05, 3.63) is 35.9 Å². The smallest absolute Gasteiger partial charge is 0.226 e. The molecule has 3 fully saturated rings. The van der Waals surface area contributed by atoms with Gasteiger partial charge in [-0.15, -0.1) is 12.4 Å². The molecule has 2 saturated carbocycles. The fourth-order valence-corrected chi connectivity index (χ4v) is 6.55. The van der Waals surface area contributed by atoms with Crippen molar-refractivity contribution in [2.24, 2.45) is 23.5 Å².